The SMILES string of the molecule is O=C([O-])OC(=O)[O-].O=C([O-])OC(=O)[O-].[Th+4]. The first kappa shape index (κ1) is 19.4. The molecule has 80 valence electrons. The molecule has 0 fully saturated rings. The summed E-state index contributed by atoms with van der Waals surface area (Å²) in [6.45, 7) is 0. The van der Waals surface area contributed by atoms with Crippen LogP contribution in [0.4, 0.5) is 19.2 Å². The van der Waals surface area contributed by atoms with Gasteiger partial charge in [0.25, 0.3) is 24.6 Å². The first-order valence-corrected chi connectivity index (χ1v) is 2.45. The van der Waals surface area contributed by atoms with Gasteiger partial charge in [0, 0.05) is 0 Å². The van der Waals surface area contributed by atoms with Gasteiger partial charge in [-0.1, -0.05) is 0 Å². The molecule has 0 aliphatic rings. The van der Waals surface area contributed by atoms with Crippen molar-refractivity contribution in [2.24, 2.45) is 0 Å². The summed E-state index contributed by atoms with van der Waals surface area (Å²) in [5, 5.41) is 36.2. The summed E-state index contributed by atoms with van der Waals surface area (Å²) in [6.07, 6.45) is -8.50. The van der Waals surface area contributed by atoms with E-state index in [4.69, 9.17) is 39.6 Å². The Bertz CT molecular complexity index is 196. The zero-order valence-corrected chi connectivity index (χ0v) is 10.7. The van der Waals surface area contributed by atoms with Crippen molar-refractivity contribution >= 4 is 24.6 Å². The zero-order chi connectivity index (χ0) is 11.7. The molecule has 0 spiro atoms. The summed E-state index contributed by atoms with van der Waals surface area (Å²) in [6, 6.07) is 0. The van der Waals surface area contributed by atoms with Gasteiger partial charge >= 0.3 is 39.9 Å². The van der Waals surface area contributed by atoms with Crippen LogP contribution in [0.1, 0.15) is 0 Å². The number of ether oxygens (including phenoxy) is 2. The van der Waals surface area contributed by atoms with Crippen LogP contribution in [0.3, 0.4) is 0 Å². The smallest absolute Gasteiger partial charge is 0.483 e. The van der Waals surface area contributed by atoms with Crippen molar-refractivity contribution in [3.8, 4) is 0 Å². The van der Waals surface area contributed by atoms with Gasteiger partial charge in [-0.3, -0.25) is 0 Å². The van der Waals surface area contributed by atoms with Gasteiger partial charge in [0.15, 0.2) is 0 Å². The van der Waals surface area contributed by atoms with Crippen LogP contribution in [0, 0.1) is 39.9 Å². The molecule has 0 amide bonds. The molecule has 15 heavy (non-hydrogen) atoms. The largest absolute Gasteiger partial charge is 4.00 e. The predicted octanol–water partition coefficient (Wildman–Crippen LogP) is -4.62. The third kappa shape index (κ3) is 32.3. The quantitative estimate of drug-likeness (QED) is 0.263. The molecule has 10 nitrogen and oxygen atoms in total. The number of hydrogen-bond acceptors (Lipinski definition) is 10. The minimum Gasteiger partial charge on any atom is -0.483 e. The van der Waals surface area contributed by atoms with Crippen LogP contribution >= 0.6 is 0 Å². The molecule has 0 radical (unpaired) electrons. The van der Waals surface area contributed by atoms with E-state index in [1.807, 2.05) is 0 Å². The van der Waals surface area contributed by atoms with E-state index in [-0.39, 0.29) is 39.9 Å². The first-order valence-electron chi connectivity index (χ1n) is 2.45. The number of carboxylic acid groups (broad SMARTS) is 4. The summed E-state index contributed by atoms with van der Waals surface area (Å²) < 4.78 is 5.72. The fourth-order valence-electron chi connectivity index (χ4n) is 0.136. The minimum absolute atomic E-state index is 0. The van der Waals surface area contributed by atoms with Gasteiger partial charge in [-0.15, -0.1) is 0 Å². The maximum atomic E-state index is 9.06. The number of carbonyl (C=O) groups is 4. The Morgan fingerprint density at radius 2 is 0.733 bits per heavy atom. The number of carbonyl (C=O) groups excluding carboxylic acids is 4. The van der Waals surface area contributed by atoms with Gasteiger partial charge in [-0.2, -0.15) is 0 Å². The molecule has 0 saturated heterocycles. The Morgan fingerprint density at radius 1 is 0.600 bits per heavy atom. The van der Waals surface area contributed by atoms with Crippen LogP contribution in [0.2, 0.25) is 0 Å². The molecule has 11 heteroatoms. The van der Waals surface area contributed by atoms with Crippen molar-refractivity contribution in [3.63, 3.8) is 0 Å². The van der Waals surface area contributed by atoms with Crippen LogP contribution in [0.25, 0.3) is 0 Å². The molecule has 0 heterocycles. The maximum Gasteiger partial charge on any atom is 4.00 e. The van der Waals surface area contributed by atoms with Gasteiger partial charge in [-0.25, -0.2) is 0 Å². The Kier molecular flexibility index (Phi) is 14.1. The average molecular weight is 440 g/mol. The summed E-state index contributed by atoms with van der Waals surface area (Å²) in [5.74, 6) is 0. The third-order valence-electron chi connectivity index (χ3n) is 0.333. The maximum absolute atomic E-state index is 9.06. The molecular formula is C4O10Th. The van der Waals surface area contributed by atoms with Crippen molar-refractivity contribution < 1.29 is 89.0 Å². The zero-order valence-electron chi connectivity index (χ0n) is 6.58. The molecule has 0 bridgehead atoms. The first-order chi connectivity index (χ1) is 6.25. The van der Waals surface area contributed by atoms with Crippen molar-refractivity contribution in [2.75, 3.05) is 0 Å². The van der Waals surface area contributed by atoms with Crippen LogP contribution in [-0.4, -0.2) is 24.6 Å². The van der Waals surface area contributed by atoms with Gasteiger partial charge in [0.1, 0.15) is 0 Å². The molecule has 0 aromatic carbocycles. The normalized spacial score (nSPS) is 6.93. The molecule has 0 unspecified atom stereocenters. The number of hydrogen-bond donors (Lipinski definition) is 0. The van der Waals surface area contributed by atoms with E-state index < -0.39 is 24.6 Å². The van der Waals surface area contributed by atoms with Crippen molar-refractivity contribution in [2.45, 2.75) is 0 Å². The molecule has 0 aromatic rings. The molecule has 0 aliphatic heterocycles. The Labute approximate surface area is 113 Å². The van der Waals surface area contributed by atoms with E-state index in [1.54, 1.807) is 0 Å². The fraction of sp³-hybridized carbons (Fsp3) is 0. The van der Waals surface area contributed by atoms with E-state index in [9.17, 15) is 0 Å². The van der Waals surface area contributed by atoms with Crippen LogP contribution in [0.5, 0.6) is 0 Å². The van der Waals surface area contributed by atoms with E-state index in [2.05, 4.69) is 9.47 Å². The van der Waals surface area contributed by atoms with Gasteiger partial charge in [0.2, 0.25) is 0 Å². The molecule has 0 N–H and O–H groups in total. The summed E-state index contributed by atoms with van der Waals surface area (Å²) in [7, 11) is 0. The second-order valence-corrected chi connectivity index (χ2v) is 1.20. The summed E-state index contributed by atoms with van der Waals surface area (Å²) >= 11 is 0. The standard InChI is InChI=1S/2C2H2O5.Th/c2*3-1(4)7-2(5)6;/h2*(H,3,4)(H,5,6);/q;;+4/p-4. The molecule has 0 saturated carbocycles. The molecular weight excluding hydrogens is 440 g/mol. The predicted molar refractivity (Wildman–Crippen MR) is 23.8 cm³/mol. The average Bonchev–Trinajstić information content (AvgIpc) is 1.79. The molecule has 0 rings (SSSR count). The second kappa shape index (κ2) is 10.9. The fourth-order valence-corrected chi connectivity index (χ4v) is 0.136. The monoisotopic (exact) mass is 440 g/mol. The Balaban J connectivity index is -0.000000180. The van der Waals surface area contributed by atoms with E-state index in [1.165, 1.54) is 0 Å². The molecule has 0 atom stereocenters. The van der Waals surface area contributed by atoms with Crippen molar-refractivity contribution in [1.29, 1.82) is 0 Å². The molecule has 0 aromatic heterocycles. The summed E-state index contributed by atoms with van der Waals surface area (Å²) in [5.41, 5.74) is 0. The van der Waals surface area contributed by atoms with Crippen LogP contribution in [0.15, 0.2) is 0 Å². The van der Waals surface area contributed by atoms with Crippen LogP contribution < -0.4 is 20.4 Å². The van der Waals surface area contributed by atoms with Gasteiger partial charge in [-0.05, 0) is 0 Å². The minimum atomic E-state index is -2.12. The third-order valence-corrected chi connectivity index (χ3v) is 0.333. The van der Waals surface area contributed by atoms with E-state index in [0.29, 0.717) is 0 Å². The summed E-state index contributed by atoms with van der Waals surface area (Å²) in [4.78, 5) is 36.2. The Morgan fingerprint density at radius 3 is 0.733 bits per heavy atom. The number of rotatable bonds is 0. The van der Waals surface area contributed by atoms with Gasteiger partial charge < -0.3 is 49.1 Å². The van der Waals surface area contributed by atoms with Gasteiger partial charge in [0.05, 0.1) is 0 Å². The van der Waals surface area contributed by atoms with Crippen molar-refractivity contribution in [3.05, 3.63) is 0 Å². The topological polar surface area (TPSA) is 179 Å². The van der Waals surface area contributed by atoms with E-state index in [0.717, 1.165) is 0 Å². The van der Waals surface area contributed by atoms with Crippen LogP contribution in [-0.2, 0) is 9.47 Å². The Hall–Kier alpha value is -1.20. The molecule has 0 aliphatic carbocycles. The second-order valence-electron chi connectivity index (χ2n) is 1.20. The van der Waals surface area contributed by atoms with Crippen molar-refractivity contribution in [1.82, 2.24) is 0 Å². The van der Waals surface area contributed by atoms with E-state index >= 15 is 0 Å².